The Hall–Kier alpha value is -3.34. The molecule has 0 unspecified atom stereocenters. The van der Waals surface area contributed by atoms with E-state index in [-0.39, 0.29) is 28.9 Å². The molecule has 0 spiro atoms. The molecule has 0 atom stereocenters. The van der Waals surface area contributed by atoms with Crippen molar-refractivity contribution in [2.45, 2.75) is 36.3 Å². The molecule has 0 radical (unpaired) electrons. The number of alkyl halides is 3. The molecule has 32 heavy (non-hydrogen) atoms. The molecule has 2 aromatic heterocycles. The zero-order chi connectivity index (χ0) is 23.1. The summed E-state index contributed by atoms with van der Waals surface area (Å²) in [6.07, 6.45) is 4.95. The van der Waals surface area contributed by atoms with Crippen LogP contribution >= 0.6 is 11.8 Å². The van der Waals surface area contributed by atoms with Gasteiger partial charge in [-0.3, -0.25) is 4.79 Å². The third kappa shape index (κ3) is 4.20. The predicted octanol–water partition coefficient (Wildman–Crippen LogP) is 4.63. The summed E-state index contributed by atoms with van der Waals surface area (Å²) in [4.78, 5) is 32.9. The highest BCUT2D eigenvalue weighted by molar-refractivity contribution is 8.00. The molecule has 0 aliphatic carbocycles. The lowest BCUT2D eigenvalue weighted by Gasteiger charge is -2.27. The number of pyridine rings is 1. The first-order valence-corrected chi connectivity index (χ1v) is 10.3. The van der Waals surface area contributed by atoms with Crippen molar-refractivity contribution in [3.8, 4) is 5.82 Å². The van der Waals surface area contributed by atoms with E-state index in [2.05, 4.69) is 10.1 Å². The molecule has 166 valence electrons. The molecule has 7 nitrogen and oxygen atoms in total. The van der Waals surface area contributed by atoms with E-state index in [4.69, 9.17) is 0 Å². The van der Waals surface area contributed by atoms with E-state index in [1.54, 1.807) is 55.3 Å². The molecule has 11 heteroatoms. The van der Waals surface area contributed by atoms with E-state index < -0.39 is 23.0 Å². The quantitative estimate of drug-likeness (QED) is 0.409. The molecule has 0 saturated carbocycles. The van der Waals surface area contributed by atoms with Gasteiger partial charge in [0.15, 0.2) is 5.82 Å². The summed E-state index contributed by atoms with van der Waals surface area (Å²) in [6, 6.07) is 9.88. The number of halogens is 3. The van der Waals surface area contributed by atoms with Crippen molar-refractivity contribution < 1.29 is 22.8 Å². The highest BCUT2D eigenvalue weighted by Crippen LogP contribution is 2.38. The number of aromatic nitrogens is 3. The Morgan fingerprint density at radius 3 is 2.41 bits per heavy atom. The van der Waals surface area contributed by atoms with Crippen molar-refractivity contribution in [1.29, 1.82) is 0 Å². The summed E-state index contributed by atoms with van der Waals surface area (Å²) >= 11 is -0.256. The van der Waals surface area contributed by atoms with E-state index in [0.717, 1.165) is 10.5 Å². The van der Waals surface area contributed by atoms with Crippen molar-refractivity contribution in [1.82, 2.24) is 19.7 Å². The number of anilines is 1. The summed E-state index contributed by atoms with van der Waals surface area (Å²) < 4.78 is 39.3. The smallest absolute Gasteiger partial charge is 0.305 e. The second-order valence-electron chi connectivity index (χ2n) is 7.58. The van der Waals surface area contributed by atoms with Crippen LogP contribution in [-0.2, 0) is 11.3 Å². The fourth-order valence-electron chi connectivity index (χ4n) is 3.40. The van der Waals surface area contributed by atoms with Gasteiger partial charge in [-0.05, 0) is 73.6 Å². The topological polar surface area (TPSA) is 71.3 Å². The first kappa shape index (κ1) is 21.9. The van der Waals surface area contributed by atoms with E-state index in [1.165, 1.54) is 29.2 Å². The molecule has 1 aliphatic rings. The van der Waals surface area contributed by atoms with Gasteiger partial charge in [0.2, 0.25) is 0 Å². The zero-order valence-electron chi connectivity index (χ0n) is 17.1. The number of rotatable bonds is 5. The summed E-state index contributed by atoms with van der Waals surface area (Å²) in [6.45, 7) is 3.42. The minimum absolute atomic E-state index is 0.0283. The molecule has 3 heterocycles. The van der Waals surface area contributed by atoms with Crippen LogP contribution in [0.15, 0.2) is 66.0 Å². The SMILES string of the molecule is CC1(C)C(=O)N(c2ccc(SC(F)(F)F)cc2)C(=O)N1Cc1ccnc(-n2cccn2)c1. The predicted molar refractivity (Wildman–Crippen MR) is 112 cm³/mol. The van der Waals surface area contributed by atoms with E-state index in [9.17, 15) is 22.8 Å². The lowest BCUT2D eigenvalue weighted by atomic mass is 10.0. The van der Waals surface area contributed by atoms with Gasteiger partial charge in [-0.2, -0.15) is 18.3 Å². The Morgan fingerprint density at radius 2 is 1.78 bits per heavy atom. The first-order valence-electron chi connectivity index (χ1n) is 9.53. The monoisotopic (exact) mass is 461 g/mol. The number of carbonyl (C=O) groups excluding carboxylic acids is 2. The fourth-order valence-corrected chi connectivity index (χ4v) is 3.94. The van der Waals surface area contributed by atoms with E-state index in [1.807, 2.05) is 0 Å². The van der Waals surface area contributed by atoms with Crippen LogP contribution in [0.2, 0.25) is 0 Å². The van der Waals surface area contributed by atoms with Crippen LogP contribution < -0.4 is 4.90 Å². The van der Waals surface area contributed by atoms with Crippen molar-refractivity contribution >= 4 is 29.4 Å². The highest BCUT2D eigenvalue weighted by Gasteiger charge is 2.51. The third-order valence-corrected chi connectivity index (χ3v) is 5.78. The first-order chi connectivity index (χ1) is 15.1. The standard InChI is InChI=1S/C21H18F3N5O2S/c1-20(2)18(30)29(15-4-6-16(7-5-15)32-21(22,23)24)19(31)27(20)13-14-8-10-25-17(12-14)28-11-3-9-26-28/h3-12H,13H2,1-2H3. The second-order valence-corrected chi connectivity index (χ2v) is 8.72. The van der Waals surface area contributed by atoms with Crippen molar-refractivity contribution in [2.75, 3.05) is 4.90 Å². The van der Waals surface area contributed by atoms with Gasteiger partial charge >= 0.3 is 11.5 Å². The summed E-state index contributed by atoms with van der Waals surface area (Å²) in [5.74, 6) is 0.109. The second kappa shape index (κ2) is 7.97. The van der Waals surface area contributed by atoms with Gasteiger partial charge in [0, 0.05) is 30.0 Å². The van der Waals surface area contributed by atoms with Gasteiger partial charge in [-0.25, -0.2) is 19.4 Å². The number of nitrogens with zero attached hydrogens (tertiary/aromatic N) is 5. The van der Waals surface area contributed by atoms with E-state index in [0.29, 0.717) is 5.82 Å². The molecular formula is C21H18F3N5O2S. The molecule has 0 N–H and O–H groups in total. The maximum atomic E-state index is 13.2. The van der Waals surface area contributed by atoms with Crippen LogP contribution in [-0.4, -0.2) is 42.6 Å². The number of amides is 3. The largest absolute Gasteiger partial charge is 0.446 e. The Morgan fingerprint density at radius 1 is 1.06 bits per heavy atom. The van der Waals surface area contributed by atoms with Crippen molar-refractivity contribution in [3.05, 3.63) is 66.6 Å². The summed E-state index contributed by atoms with van der Waals surface area (Å²) in [5, 5.41) is 4.14. The Labute approximate surface area is 185 Å². The zero-order valence-corrected chi connectivity index (χ0v) is 17.9. The molecule has 3 aromatic rings. The summed E-state index contributed by atoms with van der Waals surface area (Å²) in [7, 11) is 0. The number of hydrogen-bond acceptors (Lipinski definition) is 5. The average Bonchev–Trinajstić information content (AvgIpc) is 3.31. The Kier molecular flexibility index (Phi) is 5.45. The van der Waals surface area contributed by atoms with Crippen LogP contribution in [0.25, 0.3) is 5.82 Å². The lowest BCUT2D eigenvalue weighted by molar-refractivity contribution is -0.123. The molecule has 1 aromatic carbocycles. The average molecular weight is 461 g/mol. The van der Waals surface area contributed by atoms with Gasteiger partial charge in [0.25, 0.3) is 5.91 Å². The number of carbonyl (C=O) groups is 2. The van der Waals surface area contributed by atoms with E-state index >= 15 is 0 Å². The van der Waals surface area contributed by atoms with Gasteiger partial charge in [0.05, 0.1) is 5.69 Å². The van der Waals surface area contributed by atoms with Gasteiger partial charge in [-0.15, -0.1) is 0 Å². The summed E-state index contributed by atoms with van der Waals surface area (Å²) in [5.41, 5.74) is -4.60. The molecule has 1 aliphatic heterocycles. The number of urea groups is 1. The van der Waals surface area contributed by atoms with Crippen molar-refractivity contribution in [2.24, 2.45) is 0 Å². The van der Waals surface area contributed by atoms with Gasteiger partial charge < -0.3 is 4.90 Å². The number of benzene rings is 1. The highest BCUT2D eigenvalue weighted by atomic mass is 32.2. The minimum atomic E-state index is -4.42. The van der Waals surface area contributed by atoms with Gasteiger partial charge in [-0.1, -0.05) is 0 Å². The van der Waals surface area contributed by atoms with Gasteiger partial charge in [0.1, 0.15) is 5.54 Å². The van der Waals surface area contributed by atoms with Crippen LogP contribution in [0.1, 0.15) is 19.4 Å². The molecule has 1 saturated heterocycles. The number of hydrogen-bond donors (Lipinski definition) is 0. The maximum Gasteiger partial charge on any atom is 0.446 e. The molecular weight excluding hydrogens is 443 g/mol. The van der Waals surface area contributed by atoms with Crippen LogP contribution in [0.3, 0.4) is 0 Å². The molecule has 0 bridgehead atoms. The molecule has 4 rings (SSSR count). The molecule has 3 amide bonds. The van der Waals surface area contributed by atoms with Crippen LogP contribution in [0.4, 0.5) is 23.7 Å². The minimum Gasteiger partial charge on any atom is -0.305 e. The third-order valence-electron chi connectivity index (χ3n) is 5.04. The Bertz CT molecular complexity index is 1150. The van der Waals surface area contributed by atoms with Crippen LogP contribution in [0, 0.1) is 0 Å². The Balaban J connectivity index is 1.58. The normalized spacial score (nSPS) is 16.2. The number of imide groups is 1. The maximum absolute atomic E-state index is 13.2. The molecule has 1 fully saturated rings. The van der Waals surface area contributed by atoms with Crippen molar-refractivity contribution in [3.63, 3.8) is 0 Å². The fraction of sp³-hybridized carbons (Fsp3) is 0.238. The number of thioether (sulfide) groups is 1. The lowest BCUT2D eigenvalue weighted by Crippen LogP contribution is -2.43. The van der Waals surface area contributed by atoms with Crippen LogP contribution in [0.5, 0.6) is 0 Å².